The van der Waals surface area contributed by atoms with Gasteiger partial charge < -0.3 is 10.5 Å². The highest BCUT2D eigenvalue weighted by atomic mass is 32.2. The van der Waals surface area contributed by atoms with Gasteiger partial charge in [0, 0.05) is 19.0 Å². The van der Waals surface area contributed by atoms with E-state index in [1.54, 1.807) is 10.6 Å². The van der Waals surface area contributed by atoms with E-state index in [1.165, 1.54) is 17.8 Å². The Morgan fingerprint density at radius 1 is 1.32 bits per heavy atom. The van der Waals surface area contributed by atoms with Gasteiger partial charge in [-0.2, -0.15) is 13.2 Å². The van der Waals surface area contributed by atoms with Crippen molar-refractivity contribution < 1.29 is 17.9 Å². The Morgan fingerprint density at radius 3 is 2.84 bits per heavy atom. The first-order chi connectivity index (χ1) is 12.0. The molecule has 25 heavy (non-hydrogen) atoms. The highest BCUT2D eigenvalue weighted by Gasteiger charge is 2.31. The number of rotatable bonds is 6. The average molecular weight is 372 g/mol. The van der Waals surface area contributed by atoms with Crippen LogP contribution in [0.25, 0.3) is 5.69 Å². The predicted octanol–water partition coefficient (Wildman–Crippen LogP) is 3.26. The third-order valence-electron chi connectivity index (χ3n) is 4.10. The number of hydrogen-bond acceptors (Lipinski definition) is 5. The van der Waals surface area contributed by atoms with Crippen LogP contribution < -0.4 is 5.73 Å². The Kier molecular flexibility index (Phi) is 5.65. The van der Waals surface area contributed by atoms with E-state index in [0.717, 1.165) is 43.9 Å². The van der Waals surface area contributed by atoms with Crippen molar-refractivity contribution in [3.8, 4) is 5.69 Å². The van der Waals surface area contributed by atoms with Crippen LogP contribution in [0.1, 0.15) is 24.2 Å². The molecule has 1 aromatic carbocycles. The molecule has 9 heteroatoms. The van der Waals surface area contributed by atoms with Gasteiger partial charge in [0.2, 0.25) is 0 Å². The lowest BCUT2D eigenvalue weighted by Gasteiger charge is -2.13. The molecule has 0 radical (unpaired) electrons. The number of aromatic nitrogens is 3. The number of halogens is 3. The van der Waals surface area contributed by atoms with E-state index in [2.05, 4.69) is 10.2 Å². The third-order valence-corrected chi connectivity index (χ3v) is 5.06. The first kappa shape index (κ1) is 18.2. The van der Waals surface area contributed by atoms with E-state index < -0.39 is 11.7 Å². The molecule has 0 saturated carbocycles. The van der Waals surface area contributed by atoms with E-state index >= 15 is 0 Å². The van der Waals surface area contributed by atoms with Crippen molar-refractivity contribution in [2.24, 2.45) is 11.7 Å². The zero-order valence-electron chi connectivity index (χ0n) is 13.5. The standard InChI is InChI=1S/C16H19F3N4OS/c17-16(18,19)12-2-1-3-13(8-12)23-14(9-20)21-22-15(23)25-7-5-11-4-6-24-10-11/h1-3,8,11H,4-7,9-10,20H2/t11-/m0/s1. The minimum absolute atomic E-state index is 0.0975. The van der Waals surface area contributed by atoms with Gasteiger partial charge in [-0.25, -0.2) is 0 Å². The maximum Gasteiger partial charge on any atom is 0.416 e. The van der Waals surface area contributed by atoms with Crippen molar-refractivity contribution in [2.75, 3.05) is 19.0 Å². The lowest BCUT2D eigenvalue weighted by molar-refractivity contribution is -0.137. The molecular weight excluding hydrogens is 353 g/mol. The summed E-state index contributed by atoms with van der Waals surface area (Å²) in [6.07, 6.45) is -2.38. The molecule has 5 nitrogen and oxygen atoms in total. The second-order valence-electron chi connectivity index (χ2n) is 5.85. The van der Waals surface area contributed by atoms with Crippen molar-refractivity contribution >= 4 is 11.8 Å². The highest BCUT2D eigenvalue weighted by Crippen LogP contribution is 2.32. The normalized spacial score (nSPS) is 18.0. The summed E-state index contributed by atoms with van der Waals surface area (Å²) in [5.41, 5.74) is 5.34. The summed E-state index contributed by atoms with van der Waals surface area (Å²) < 4.78 is 45.9. The van der Waals surface area contributed by atoms with Gasteiger partial charge in [-0.3, -0.25) is 4.57 Å². The first-order valence-electron chi connectivity index (χ1n) is 8.01. The summed E-state index contributed by atoms with van der Waals surface area (Å²) in [5, 5.41) is 8.67. The van der Waals surface area contributed by atoms with Crippen molar-refractivity contribution in [1.29, 1.82) is 0 Å². The molecule has 0 amide bonds. The second kappa shape index (κ2) is 7.76. The zero-order valence-corrected chi connectivity index (χ0v) is 14.3. The fraction of sp³-hybridized carbons (Fsp3) is 0.500. The Balaban J connectivity index is 1.81. The molecule has 1 aromatic heterocycles. The summed E-state index contributed by atoms with van der Waals surface area (Å²) >= 11 is 1.48. The summed E-state index contributed by atoms with van der Waals surface area (Å²) in [7, 11) is 0. The van der Waals surface area contributed by atoms with Gasteiger partial charge in [0.25, 0.3) is 0 Å². The number of nitrogens with zero attached hydrogens (tertiary/aromatic N) is 3. The Bertz CT molecular complexity index is 714. The molecule has 1 saturated heterocycles. The highest BCUT2D eigenvalue weighted by molar-refractivity contribution is 7.99. The molecule has 1 aliphatic heterocycles. The molecule has 0 bridgehead atoms. The van der Waals surface area contributed by atoms with Gasteiger partial charge in [-0.1, -0.05) is 17.8 Å². The zero-order chi connectivity index (χ0) is 17.9. The van der Waals surface area contributed by atoms with Crippen LogP contribution in [0.2, 0.25) is 0 Å². The van der Waals surface area contributed by atoms with E-state index in [4.69, 9.17) is 10.5 Å². The Morgan fingerprint density at radius 2 is 2.16 bits per heavy atom. The Hall–Kier alpha value is -1.58. The second-order valence-corrected chi connectivity index (χ2v) is 6.92. The lowest BCUT2D eigenvalue weighted by Crippen LogP contribution is -2.10. The van der Waals surface area contributed by atoms with Crippen LogP contribution in [-0.2, 0) is 17.5 Å². The SMILES string of the molecule is NCc1nnc(SCC[C@@H]2CCOC2)n1-c1cccc(C(F)(F)F)c1. The third kappa shape index (κ3) is 4.34. The van der Waals surface area contributed by atoms with Crippen LogP contribution in [0, 0.1) is 5.92 Å². The van der Waals surface area contributed by atoms with Gasteiger partial charge in [0.1, 0.15) is 0 Å². The van der Waals surface area contributed by atoms with E-state index in [-0.39, 0.29) is 6.54 Å². The molecule has 1 aliphatic rings. The molecule has 3 rings (SSSR count). The van der Waals surface area contributed by atoms with Crippen molar-refractivity contribution in [3.63, 3.8) is 0 Å². The quantitative estimate of drug-likeness (QED) is 0.789. The molecule has 1 fully saturated rings. The molecule has 2 N–H and O–H groups in total. The molecule has 2 heterocycles. The van der Waals surface area contributed by atoms with Gasteiger partial charge >= 0.3 is 6.18 Å². The maximum absolute atomic E-state index is 13.0. The van der Waals surface area contributed by atoms with Crippen LogP contribution in [0.5, 0.6) is 0 Å². The molecule has 0 unspecified atom stereocenters. The van der Waals surface area contributed by atoms with Crippen LogP contribution in [0.3, 0.4) is 0 Å². The fourth-order valence-electron chi connectivity index (χ4n) is 2.73. The van der Waals surface area contributed by atoms with Crippen LogP contribution in [-0.4, -0.2) is 33.7 Å². The van der Waals surface area contributed by atoms with Gasteiger partial charge in [0.05, 0.1) is 17.8 Å². The van der Waals surface area contributed by atoms with Crippen molar-refractivity contribution in [2.45, 2.75) is 30.7 Å². The summed E-state index contributed by atoms with van der Waals surface area (Å²) in [6, 6.07) is 5.12. The molecule has 2 aromatic rings. The minimum Gasteiger partial charge on any atom is -0.381 e. The van der Waals surface area contributed by atoms with E-state index in [9.17, 15) is 13.2 Å². The van der Waals surface area contributed by atoms with Crippen molar-refractivity contribution in [3.05, 3.63) is 35.7 Å². The molecule has 0 spiro atoms. The monoisotopic (exact) mass is 372 g/mol. The minimum atomic E-state index is -4.40. The predicted molar refractivity (Wildman–Crippen MR) is 88.5 cm³/mol. The molecule has 0 aliphatic carbocycles. The van der Waals surface area contributed by atoms with E-state index in [0.29, 0.717) is 22.6 Å². The topological polar surface area (TPSA) is 66.0 Å². The van der Waals surface area contributed by atoms with E-state index in [1.807, 2.05) is 0 Å². The van der Waals surface area contributed by atoms with Gasteiger partial charge in [-0.15, -0.1) is 10.2 Å². The van der Waals surface area contributed by atoms with Gasteiger partial charge in [-0.05, 0) is 37.0 Å². The van der Waals surface area contributed by atoms with Crippen LogP contribution in [0.15, 0.2) is 29.4 Å². The number of ether oxygens (including phenoxy) is 1. The summed E-state index contributed by atoms with van der Waals surface area (Å²) in [4.78, 5) is 0. The maximum atomic E-state index is 13.0. The molecular formula is C16H19F3N4OS. The number of thioether (sulfide) groups is 1. The van der Waals surface area contributed by atoms with Crippen LogP contribution >= 0.6 is 11.8 Å². The smallest absolute Gasteiger partial charge is 0.381 e. The molecule has 1 atom stereocenters. The Labute approximate surface area is 147 Å². The summed E-state index contributed by atoms with van der Waals surface area (Å²) in [6.45, 7) is 1.67. The number of nitrogens with two attached hydrogens (primary N) is 1. The average Bonchev–Trinajstić information content (AvgIpc) is 3.23. The fourth-order valence-corrected chi connectivity index (χ4v) is 3.81. The van der Waals surface area contributed by atoms with Crippen molar-refractivity contribution in [1.82, 2.24) is 14.8 Å². The largest absolute Gasteiger partial charge is 0.416 e. The van der Waals surface area contributed by atoms with Crippen LogP contribution in [0.4, 0.5) is 13.2 Å². The molecule has 136 valence electrons. The summed E-state index contributed by atoms with van der Waals surface area (Å²) in [5.74, 6) is 1.77. The number of alkyl halides is 3. The first-order valence-corrected chi connectivity index (χ1v) is 9.00. The number of benzene rings is 1. The number of hydrogen-bond donors (Lipinski definition) is 1. The van der Waals surface area contributed by atoms with Gasteiger partial charge in [0.15, 0.2) is 11.0 Å². The lowest BCUT2D eigenvalue weighted by atomic mass is 10.1.